The van der Waals surface area contributed by atoms with Crippen LogP contribution in [0.25, 0.3) is 66.1 Å². The Balaban J connectivity index is 1.62. The normalized spacial score (nSPS) is 11.2. The lowest BCUT2D eigenvalue weighted by atomic mass is 9.84. The molecule has 40 heavy (non-hydrogen) atoms. The predicted octanol–water partition coefficient (Wildman–Crippen LogP) is 11.3. The quantitative estimate of drug-likeness (QED) is 0.207. The van der Waals surface area contributed by atoms with Gasteiger partial charge in [0.2, 0.25) is 0 Å². The van der Waals surface area contributed by atoms with Crippen molar-refractivity contribution in [3.63, 3.8) is 0 Å². The van der Waals surface area contributed by atoms with E-state index >= 15 is 0 Å². The summed E-state index contributed by atoms with van der Waals surface area (Å²) >= 11 is 0. The number of benzene rings is 7. The van der Waals surface area contributed by atoms with Gasteiger partial charge in [-0.2, -0.15) is 0 Å². The zero-order valence-corrected chi connectivity index (χ0v) is 22.9. The highest BCUT2D eigenvalue weighted by atomic mass is 14.2. The first-order valence-corrected chi connectivity index (χ1v) is 13.9. The van der Waals surface area contributed by atoms with Gasteiger partial charge in [0, 0.05) is 0 Å². The molecule has 0 unspecified atom stereocenters. The van der Waals surface area contributed by atoms with Crippen molar-refractivity contribution in [3.8, 4) is 44.5 Å². The van der Waals surface area contributed by atoms with Gasteiger partial charge >= 0.3 is 0 Å². The average molecular weight is 511 g/mol. The van der Waals surface area contributed by atoms with Crippen LogP contribution in [0.4, 0.5) is 0 Å². The molecule has 7 aromatic carbocycles. The Morgan fingerprint density at radius 1 is 0.275 bits per heavy atom. The van der Waals surface area contributed by atoms with Crippen LogP contribution >= 0.6 is 0 Å². The first-order chi connectivity index (χ1) is 19.7. The Morgan fingerprint density at radius 2 is 0.725 bits per heavy atom. The van der Waals surface area contributed by atoms with E-state index in [0.717, 1.165) is 0 Å². The Hall–Kier alpha value is -4.94. The summed E-state index contributed by atoms with van der Waals surface area (Å²) in [6.07, 6.45) is 0. The first-order valence-electron chi connectivity index (χ1n) is 13.9. The van der Waals surface area contributed by atoms with Crippen molar-refractivity contribution in [2.45, 2.75) is 13.8 Å². The molecule has 0 saturated carbocycles. The van der Waals surface area contributed by atoms with Gasteiger partial charge < -0.3 is 0 Å². The largest absolute Gasteiger partial charge is 0.0622 e. The highest BCUT2D eigenvalue weighted by Gasteiger charge is 2.18. The minimum atomic E-state index is 1.24. The molecule has 0 radical (unpaired) electrons. The third-order valence-corrected chi connectivity index (χ3v) is 7.98. The van der Waals surface area contributed by atoms with Crippen molar-refractivity contribution < 1.29 is 0 Å². The Labute approximate surface area is 236 Å². The van der Waals surface area contributed by atoms with E-state index < -0.39 is 0 Å². The topological polar surface area (TPSA) is 0 Å². The molecule has 0 fully saturated rings. The molecule has 0 heteroatoms. The molecule has 7 aromatic rings. The van der Waals surface area contributed by atoms with E-state index in [1.165, 1.54) is 77.2 Å². The van der Waals surface area contributed by atoms with Crippen molar-refractivity contribution >= 4 is 21.5 Å². The van der Waals surface area contributed by atoms with Gasteiger partial charge in [-0.05, 0) is 92.0 Å². The lowest BCUT2D eigenvalue weighted by Crippen LogP contribution is -1.92. The lowest BCUT2D eigenvalue weighted by Gasteiger charge is -2.19. The zero-order chi connectivity index (χ0) is 27.1. The maximum atomic E-state index is 2.40. The molecule has 7 rings (SSSR count). The molecular weight excluding hydrogens is 480 g/mol. The molecule has 0 aliphatic heterocycles. The van der Waals surface area contributed by atoms with Crippen LogP contribution in [0.1, 0.15) is 11.1 Å². The molecule has 0 N–H and O–H groups in total. The molecule has 0 aliphatic rings. The summed E-state index contributed by atoms with van der Waals surface area (Å²) in [5.41, 5.74) is 12.6. The standard InChI is InChI=1S/C40H30/c1-27-16-18-29(19-17-27)33-20-22-35-37(25-33)39(30-11-5-3-6-12-30)36-23-21-34(32-15-9-10-28(2)24-32)26-38(36)40(35)31-13-7-4-8-14-31/h3-26H,1-2H3. The van der Waals surface area contributed by atoms with E-state index in [1.54, 1.807) is 0 Å². The SMILES string of the molecule is Cc1ccc(-c2ccc3c(-c4ccccc4)c4cc(-c5cccc(C)c5)ccc4c(-c4ccccc4)c3c2)cc1. The van der Waals surface area contributed by atoms with Gasteiger partial charge in [0.25, 0.3) is 0 Å². The van der Waals surface area contributed by atoms with Gasteiger partial charge in [-0.25, -0.2) is 0 Å². The van der Waals surface area contributed by atoms with Crippen LogP contribution in [0, 0.1) is 13.8 Å². The third-order valence-electron chi connectivity index (χ3n) is 7.98. The maximum absolute atomic E-state index is 2.40. The van der Waals surface area contributed by atoms with Crippen LogP contribution in [-0.4, -0.2) is 0 Å². The summed E-state index contributed by atoms with van der Waals surface area (Å²) in [5, 5.41) is 5.10. The van der Waals surface area contributed by atoms with E-state index in [4.69, 9.17) is 0 Å². The van der Waals surface area contributed by atoms with E-state index in [1.807, 2.05) is 0 Å². The summed E-state index contributed by atoms with van der Waals surface area (Å²) in [6, 6.07) is 53.4. The van der Waals surface area contributed by atoms with Crippen LogP contribution in [0.3, 0.4) is 0 Å². The van der Waals surface area contributed by atoms with Crippen molar-refractivity contribution in [2.24, 2.45) is 0 Å². The molecule has 0 aliphatic carbocycles. The van der Waals surface area contributed by atoms with Crippen molar-refractivity contribution in [2.75, 3.05) is 0 Å². The number of hydrogen-bond acceptors (Lipinski definition) is 0. The minimum absolute atomic E-state index is 1.24. The van der Waals surface area contributed by atoms with E-state index in [2.05, 4.69) is 159 Å². The molecular formula is C40H30. The Kier molecular flexibility index (Phi) is 6.02. The van der Waals surface area contributed by atoms with Crippen LogP contribution in [0.5, 0.6) is 0 Å². The Bertz CT molecular complexity index is 1980. The van der Waals surface area contributed by atoms with Crippen molar-refractivity contribution in [1.29, 1.82) is 0 Å². The number of rotatable bonds is 4. The molecule has 190 valence electrons. The van der Waals surface area contributed by atoms with E-state index in [0.29, 0.717) is 0 Å². The monoisotopic (exact) mass is 510 g/mol. The Morgan fingerprint density at radius 3 is 1.25 bits per heavy atom. The van der Waals surface area contributed by atoms with Gasteiger partial charge in [0.05, 0.1) is 0 Å². The smallest absolute Gasteiger partial charge is 0.00261 e. The van der Waals surface area contributed by atoms with Gasteiger partial charge in [-0.1, -0.05) is 145 Å². The highest BCUT2D eigenvalue weighted by molar-refractivity contribution is 6.22. The molecule has 0 bridgehead atoms. The summed E-state index contributed by atoms with van der Waals surface area (Å²) in [7, 11) is 0. The zero-order valence-electron chi connectivity index (χ0n) is 22.9. The molecule has 0 amide bonds. The summed E-state index contributed by atoms with van der Waals surface area (Å²) in [4.78, 5) is 0. The van der Waals surface area contributed by atoms with Crippen LogP contribution in [-0.2, 0) is 0 Å². The molecule has 0 nitrogen and oxygen atoms in total. The summed E-state index contributed by atoms with van der Waals surface area (Å²) in [6.45, 7) is 4.30. The fourth-order valence-electron chi connectivity index (χ4n) is 5.99. The average Bonchev–Trinajstić information content (AvgIpc) is 3.00. The minimum Gasteiger partial charge on any atom is -0.0622 e. The second-order valence-corrected chi connectivity index (χ2v) is 10.7. The van der Waals surface area contributed by atoms with Gasteiger partial charge in [0.1, 0.15) is 0 Å². The van der Waals surface area contributed by atoms with Crippen LogP contribution in [0.15, 0.2) is 146 Å². The fraction of sp³-hybridized carbons (Fsp3) is 0.0500. The van der Waals surface area contributed by atoms with Gasteiger partial charge in [-0.15, -0.1) is 0 Å². The van der Waals surface area contributed by atoms with Gasteiger partial charge in [0.15, 0.2) is 0 Å². The van der Waals surface area contributed by atoms with Crippen molar-refractivity contribution in [3.05, 3.63) is 157 Å². The molecule has 0 atom stereocenters. The van der Waals surface area contributed by atoms with Crippen LogP contribution in [0.2, 0.25) is 0 Å². The van der Waals surface area contributed by atoms with Crippen molar-refractivity contribution in [1.82, 2.24) is 0 Å². The summed E-state index contributed by atoms with van der Waals surface area (Å²) < 4.78 is 0. The van der Waals surface area contributed by atoms with Gasteiger partial charge in [-0.3, -0.25) is 0 Å². The number of hydrogen-bond donors (Lipinski definition) is 0. The molecule has 0 heterocycles. The second kappa shape index (κ2) is 9.98. The molecule has 0 aromatic heterocycles. The highest BCUT2D eigenvalue weighted by Crippen LogP contribution is 2.45. The van der Waals surface area contributed by atoms with Crippen LogP contribution < -0.4 is 0 Å². The predicted molar refractivity (Wildman–Crippen MR) is 173 cm³/mol. The lowest BCUT2D eigenvalue weighted by molar-refractivity contribution is 1.47. The molecule has 0 saturated heterocycles. The summed E-state index contributed by atoms with van der Waals surface area (Å²) in [5.74, 6) is 0. The first kappa shape index (κ1) is 24.1. The number of fused-ring (bicyclic) bond motifs is 2. The number of aryl methyl sites for hydroxylation is 2. The molecule has 0 spiro atoms. The third kappa shape index (κ3) is 4.28. The fourth-order valence-corrected chi connectivity index (χ4v) is 5.99. The van der Waals surface area contributed by atoms with E-state index in [9.17, 15) is 0 Å². The second-order valence-electron chi connectivity index (χ2n) is 10.7. The van der Waals surface area contributed by atoms with E-state index in [-0.39, 0.29) is 0 Å². The maximum Gasteiger partial charge on any atom is -0.00261 e.